The number of aromatic amines is 1. The minimum Gasteiger partial charge on any atom is -0.178 e. The summed E-state index contributed by atoms with van der Waals surface area (Å²) in [5.74, 6) is 0. The van der Waals surface area contributed by atoms with Crippen molar-refractivity contribution in [2.45, 2.75) is 0 Å². The number of nitrogens with zero attached hydrogens (tertiary/aromatic N) is 3. The Hall–Kier alpha value is -1.65. The zero-order valence-electron chi connectivity index (χ0n) is 6.31. The number of tetrazole rings is 1. The van der Waals surface area contributed by atoms with Crippen molar-refractivity contribution in [3.63, 3.8) is 0 Å². The zero-order valence-corrected chi connectivity index (χ0v) is 6.31. The minimum atomic E-state index is 0.598. The predicted molar refractivity (Wildman–Crippen MR) is 45.6 cm³/mol. The summed E-state index contributed by atoms with van der Waals surface area (Å²) in [7, 11) is 1.85. The average Bonchev–Trinajstić information content (AvgIpc) is 2.59. The molecule has 5 heteroatoms. The lowest BCUT2D eigenvalue weighted by atomic mass is 9.70. The molecule has 12 heavy (non-hydrogen) atoms. The molecule has 1 aromatic heterocycles. The summed E-state index contributed by atoms with van der Waals surface area (Å²) in [6.45, 7) is 0. The van der Waals surface area contributed by atoms with Crippen LogP contribution in [0.25, 0.3) is 0 Å². The van der Waals surface area contributed by atoms with Crippen molar-refractivity contribution in [3.05, 3.63) is 30.3 Å². The highest BCUT2D eigenvalue weighted by molar-refractivity contribution is 6.65. The standard InChI is InChI=1S/C7H6BN4/c1-2-4-6(5-3-1)8-7-9-11-12-10-7/h1-5H,(H,9,10,11,12). The van der Waals surface area contributed by atoms with E-state index in [1.807, 2.05) is 37.6 Å². The monoisotopic (exact) mass is 157 g/mol. The van der Waals surface area contributed by atoms with Gasteiger partial charge >= 0.3 is 0 Å². The highest BCUT2D eigenvalue weighted by atomic mass is 15.5. The second-order valence-corrected chi connectivity index (χ2v) is 2.33. The van der Waals surface area contributed by atoms with Gasteiger partial charge in [0, 0.05) is 0 Å². The lowest BCUT2D eigenvalue weighted by molar-refractivity contribution is 0.881. The van der Waals surface area contributed by atoms with E-state index >= 15 is 0 Å². The van der Waals surface area contributed by atoms with Crippen molar-refractivity contribution >= 4 is 18.5 Å². The van der Waals surface area contributed by atoms with E-state index in [0.717, 1.165) is 5.46 Å². The maximum Gasteiger partial charge on any atom is 0.248 e. The van der Waals surface area contributed by atoms with Crippen LogP contribution in [0, 0.1) is 0 Å². The highest BCUT2D eigenvalue weighted by Gasteiger charge is 2.01. The summed E-state index contributed by atoms with van der Waals surface area (Å²) >= 11 is 0. The molecule has 2 rings (SSSR count). The largest absolute Gasteiger partial charge is 0.248 e. The summed E-state index contributed by atoms with van der Waals surface area (Å²) in [5.41, 5.74) is 1.67. The molecular formula is C7H6BN4. The molecule has 57 valence electrons. The summed E-state index contributed by atoms with van der Waals surface area (Å²) < 4.78 is 0. The molecule has 1 aromatic carbocycles. The number of nitrogens with one attached hydrogen (secondary N) is 1. The topological polar surface area (TPSA) is 54.5 Å². The Morgan fingerprint density at radius 2 is 2.00 bits per heavy atom. The van der Waals surface area contributed by atoms with Gasteiger partial charge in [-0.25, -0.2) is 0 Å². The number of rotatable bonds is 2. The average molecular weight is 157 g/mol. The van der Waals surface area contributed by atoms with Gasteiger partial charge in [-0.1, -0.05) is 41.0 Å². The molecule has 0 spiro atoms. The van der Waals surface area contributed by atoms with Gasteiger partial charge in [0.15, 0.2) is 0 Å². The van der Waals surface area contributed by atoms with Crippen molar-refractivity contribution in [1.29, 1.82) is 0 Å². The first-order valence-corrected chi connectivity index (χ1v) is 3.58. The normalized spacial score (nSPS) is 9.67. The van der Waals surface area contributed by atoms with Gasteiger partial charge in [-0.2, -0.15) is 10.3 Å². The van der Waals surface area contributed by atoms with Crippen molar-refractivity contribution in [2.24, 2.45) is 0 Å². The number of benzene rings is 1. The fourth-order valence-corrected chi connectivity index (χ4v) is 0.929. The van der Waals surface area contributed by atoms with Crippen molar-refractivity contribution in [1.82, 2.24) is 20.6 Å². The van der Waals surface area contributed by atoms with Crippen molar-refractivity contribution in [3.8, 4) is 0 Å². The third kappa shape index (κ3) is 1.50. The lowest BCUT2D eigenvalue weighted by Crippen LogP contribution is -2.29. The maximum absolute atomic E-state index is 3.81. The number of H-pyrrole nitrogens is 1. The minimum absolute atomic E-state index is 0.598. The van der Waals surface area contributed by atoms with Crippen LogP contribution in [-0.4, -0.2) is 27.9 Å². The Bertz CT molecular complexity index is 332. The van der Waals surface area contributed by atoms with E-state index in [1.54, 1.807) is 0 Å². The molecule has 0 amide bonds. The first-order valence-electron chi connectivity index (χ1n) is 3.58. The molecule has 0 bridgehead atoms. The van der Waals surface area contributed by atoms with Crippen LogP contribution < -0.4 is 11.2 Å². The molecule has 0 unspecified atom stereocenters. The van der Waals surface area contributed by atoms with E-state index in [9.17, 15) is 0 Å². The predicted octanol–water partition coefficient (Wildman–Crippen LogP) is -1.15. The van der Waals surface area contributed by atoms with Crippen LogP contribution in [0.3, 0.4) is 0 Å². The molecule has 0 aliphatic rings. The molecule has 1 heterocycles. The van der Waals surface area contributed by atoms with Gasteiger partial charge in [0.25, 0.3) is 0 Å². The molecule has 0 aliphatic heterocycles. The van der Waals surface area contributed by atoms with Gasteiger partial charge in [0.05, 0.1) is 0 Å². The first kappa shape index (κ1) is 7.03. The third-order valence-corrected chi connectivity index (χ3v) is 1.46. The Balaban J connectivity index is 2.15. The van der Waals surface area contributed by atoms with Crippen LogP contribution in [0.1, 0.15) is 0 Å². The summed E-state index contributed by atoms with van der Waals surface area (Å²) in [5, 5.41) is 13.5. The van der Waals surface area contributed by atoms with Gasteiger partial charge in [0.1, 0.15) is 5.72 Å². The SMILES string of the molecule is [B](c1ccccc1)c1nn[nH]n1. The summed E-state index contributed by atoms with van der Waals surface area (Å²) in [6, 6.07) is 9.86. The van der Waals surface area contributed by atoms with Gasteiger partial charge in [-0.15, -0.1) is 5.10 Å². The molecular weight excluding hydrogens is 151 g/mol. The number of aromatic nitrogens is 4. The molecule has 1 radical (unpaired) electrons. The molecule has 2 aromatic rings. The maximum atomic E-state index is 3.81. The highest BCUT2D eigenvalue weighted by Crippen LogP contribution is 1.79. The number of hydrogen-bond acceptors (Lipinski definition) is 3. The second-order valence-electron chi connectivity index (χ2n) is 2.33. The molecule has 4 nitrogen and oxygen atoms in total. The van der Waals surface area contributed by atoms with E-state index in [4.69, 9.17) is 0 Å². The van der Waals surface area contributed by atoms with Gasteiger partial charge < -0.3 is 0 Å². The van der Waals surface area contributed by atoms with Crippen LogP contribution in [-0.2, 0) is 0 Å². The number of hydrogen-bond donors (Lipinski definition) is 1. The zero-order chi connectivity index (χ0) is 8.23. The molecule has 0 saturated heterocycles. The second kappa shape index (κ2) is 3.17. The molecule has 0 atom stereocenters. The van der Waals surface area contributed by atoms with Gasteiger partial charge in [-0.05, 0) is 0 Å². The molecule has 0 aliphatic carbocycles. The van der Waals surface area contributed by atoms with E-state index in [1.165, 1.54) is 0 Å². The summed E-state index contributed by atoms with van der Waals surface area (Å²) in [4.78, 5) is 0. The lowest BCUT2D eigenvalue weighted by Gasteiger charge is -1.91. The quantitative estimate of drug-likeness (QED) is 0.560. The fraction of sp³-hybridized carbons (Fsp3) is 0. The van der Waals surface area contributed by atoms with Crippen LogP contribution >= 0.6 is 0 Å². The molecule has 0 fully saturated rings. The van der Waals surface area contributed by atoms with Crippen molar-refractivity contribution in [2.75, 3.05) is 0 Å². The van der Waals surface area contributed by atoms with E-state index in [-0.39, 0.29) is 0 Å². The molecule has 1 N–H and O–H groups in total. The fourth-order valence-electron chi connectivity index (χ4n) is 0.929. The first-order chi connectivity index (χ1) is 5.95. The van der Waals surface area contributed by atoms with Crippen molar-refractivity contribution < 1.29 is 0 Å². The third-order valence-electron chi connectivity index (χ3n) is 1.46. The Labute approximate surface area is 70.2 Å². The van der Waals surface area contributed by atoms with Gasteiger partial charge in [-0.3, -0.25) is 0 Å². The van der Waals surface area contributed by atoms with E-state index in [2.05, 4.69) is 20.6 Å². The Morgan fingerprint density at radius 3 is 2.67 bits per heavy atom. The summed E-state index contributed by atoms with van der Waals surface area (Å²) in [6.07, 6.45) is 0. The Kier molecular flexibility index (Phi) is 1.86. The van der Waals surface area contributed by atoms with Crippen LogP contribution in [0.15, 0.2) is 30.3 Å². The smallest absolute Gasteiger partial charge is 0.178 e. The van der Waals surface area contributed by atoms with Crippen LogP contribution in [0.2, 0.25) is 0 Å². The van der Waals surface area contributed by atoms with Crippen LogP contribution in [0.4, 0.5) is 0 Å². The van der Waals surface area contributed by atoms with E-state index < -0.39 is 0 Å². The molecule has 0 saturated carbocycles. The van der Waals surface area contributed by atoms with E-state index in [0.29, 0.717) is 5.72 Å². The Morgan fingerprint density at radius 1 is 1.17 bits per heavy atom. The van der Waals surface area contributed by atoms with Crippen LogP contribution in [0.5, 0.6) is 0 Å². The van der Waals surface area contributed by atoms with Gasteiger partial charge in [0.2, 0.25) is 7.28 Å².